The molecule has 1 saturated carbocycles. The quantitative estimate of drug-likeness (QED) is 0.724. The van der Waals surface area contributed by atoms with Gasteiger partial charge in [-0.2, -0.15) is 0 Å². The number of aromatic nitrogens is 2. The van der Waals surface area contributed by atoms with Gasteiger partial charge in [-0.1, -0.05) is 41.7 Å². The van der Waals surface area contributed by atoms with Crippen molar-refractivity contribution in [2.75, 3.05) is 10.6 Å². The van der Waals surface area contributed by atoms with Crippen LogP contribution in [0.25, 0.3) is 0 Å². The Hall–Kier alpha value is -2.73. The second kappa shape index (κ2) is 6.41. The predicted octanol–water partition coefficient (Wildman–Crippen LogP) is 4.41. The van der Waals surface area contributed by atoms with Crippen LogP contribution in [0, 0.1) is 0 Å². The first-order valence-corrected chi connectivity index (χ1v) is 8.67. The SMILES string of the molecule is O=C(Nc1nnc(C2CC2)s1)c1ccccc1Nc1ccccc1. The lowest BCUT2D eigenvalue weighted by atomic mass is 10.1. The molecule has 24 heavy (non-hydrogen) atoms. The summed E-state index contributed by atoms with van der Waals surface area (Å²) in [6.07, 6.45) is 2.35. The van der Waals surface area contributed by atoms with E-state index in [1.165, 1.54) is 24.2 Å². The lowest BCUT2D eigenvalue weighted by Crippen LogP contribution is -2.13. The normalized spacial score (nSPS) is 13.5. The Labute approximate surface area is 143 Å². The molecule has 1 heterocycles. The van der Waals surface area contributed by atoms with Crippen molar-refractivity contribution < 1.29 is 4.79 Å². The minimum absolute atomic E-state index is 0.187. The molecule has 0 bridgehead atoms. The van der Waals surface area contributed by atoms with Crippen molar-refractivity contribution in [3.05, 3.63) is 65.2 Å². The van der Waals surface area contributed by atoms with Crippen molar-refractivity contribution in [3.8, 4) is 0 Å². The summed E-state index contributed by atoms with van der Waals surface area (Å²) in [4.78, 5) is 12.6. The summed E-state index contributed by atoms with van der Waals surface area (Å²) in [6.45, 7) is 0. The third-order valence-electron chi connectivity index (χ3n) is 3.81. The van der Waals surface area contributed by atoms with E-state index in [2.05, 4.69) is 20.8 Å². The fraction of sp³-hybridized carbons (Fsp3) is 0.167. The van der Waals surface area contributed by atoms with Crippen molar-refractivity contribution in [3.63, 3.8) is 0 Å². The molecule has 1 aliphatic carbocycles. The maximum Gasteiger partial charge on any atom is 0.259 e. The van der Waals surface area contributed by atoms with E-state index in [4.69, 9.17) is 0 Å². The predicted molar refractivity (Wildman–Crippen MR) is 96.0 cm³/mol. The van der Waals surface area contributed by atoms with E-state index >= 15 is 0 Å². The fourth-order valence-electron chi connectivity index (χ4n) is 2.41. The highest BCUT2D eigenvalue weighted by molar-refractivity contribution is 7.15. The van der Waals surface area contributed by atoms with Gasteiger partial charge in [0.05, 0.1) is 11.3 Å². The first-order valence-electron chi connectivity index (χ1n) is 7.85. The van der Waals surface area contributed by atoms with Crippen LogP contribution in [-0.2, 0) is 0 Å². The van der Waals surface area contributed by atoms with Crippen LogP contribution in [0.15, 0.2) is 54.6 Å². The smallest absolute Gasteiger partial charge is 0.259 e. The highest BCUT2D eigenvalue weighted by Gasteiger charge is 2.27. The monoisotopic (exact) mass is 336 g/mol. The highest BCUT2D eigenvalue weighted by atomic mass is 32.1. The lowest BCUT2D eigenvalue weighted by Gasteiger charge is -2.11. The second-order valence-corrected chi connectivity index (χ2v) is 6.72. The van der Waals surface area contributed by atoms with Gasteiger partial charge >= 0.3 is 0 Å². The largest absolute Gasteiger partial charge is 0.355 e. The van der Waals surface area contributed by atoms with Gasteiger partial charge in [-0.05, 0) is 37.1 Å². The Kier molecular flexibility index (Phi) is 3.96. The van der Waals surface area contributed by atoms with Crippen LogP contribution in [0.3, 0.4) is 0 Å². The number of anilines is 3. The molecule has 1 aromatic heterocycles. The summed E-state index contributed by atoms with van der Waals surface area (Å²) in [6, 6.07) is 17.2. The number of benzene rings is 2. The van der Waals surface area contributed by atoms with Gasteiger partial charge in [0.25, 0.3) is 5.91 Å². The molecule has 6 heteroatoms. The number of rotatable bonds is 5. The summed E-state index contributed by atoms with van der Waals surface area (Å²) in [5, 5.41) is 15.9. The van der Waals surface area contributed by atoms with E-state index in [1.54, 1.807) is 6.07 Å². The minimum Gasteiger partial charge on any atom is -0.355 e. The number of para-hydroxylation sites is 2. The number of nitrogens with zero attached hydrogens (tertiary/aromatic N) is 2. The summed E-state index contributed by atoms with van der Waals surface area (Å²) in [5.74, 6) is 0.354. The molecule has 0 radical (unpaired) electrons. The molecule has 3 aromatic rings. The van der Waals surface area contributed by atoms with Crippen LogP contribution < -0.4 is 10.6 Å². The summed E-state index contributed by atoms with van der Waals surface area (Å²) in [5.41, 5.74) is 2.27. The molecular formula is C18H16N4OS. The van der Waals surface area contributed by atoms with Crippen molar-refractivity contribution in [2.45, 2.75) is 18.8 Å². The van der Waals surface area contributed by atoms with Crippen LogP contribution >= 0.6 is 11.3 Å². The Morgan fingerprint density at radius 2 is 1.75 bits per heavy atom. The summed E-state index contributed by atoms with van der Waals surface area (Å²) in [7, 11) is 0. The average Bonchev–Trinajstić information content (AvgIpc) is 3.36. The molecule has 1 fully saturated rings. The zero-order chi connectivity index (χ0) is 16.4. The van der Waals surface area contributed by atoms with Gasteiger partial charge in [-0.15, -0.1) is 10.2 Å². The van der Waals surface area contributed by atoms with Crippen molar-refractivity contribution in [1.82, 2.24) is 10.2 Å². The number of hydrogen-bond donors (Lipinski definition) is 2. The molecule has 5 nitrogen and oxygen atoms in total. The van der Waals surface area contributed by atoms with Crippen LogP contribution in [-0.4, -0.2) is 16.1 Å². The van der Waals surface area contributed by atoms with E-state index < -0.39 is 0 Å². The molecule has 120 valence electrons. The average molecular weight is 336 g/mol. The molecule has 0 saturated heterocycles. The van der Waals surface area contributed by atoms with Gasteiger partial charge in [0.15, 0.2) is 0 Å². The molecule has 4 rings (SSSR count). The third kappa shape index (κ3) is 3.28. The topological polar surface area (TPSA) is 66.9 Å². The highest BCUT2D eigenvalue weighted by Crippen LogP contribution is 2.42. The van der Waals surface area contributed by atoms with Gasteiger partial charge in [0, 0.05) is 11.6 Å². The second-order valence-electron chi connectivity index (χ2n) is 5.71. The minimum atomic E-state index is -0.187. The van der Waals surface area contributed by atoms with Gasteiger partial charge in [-0.3, -0.25) is 10.1 Å². The van der Waals surface area contributed by atoms with E-state index in [-0.39, 0.29) is 5.91 Å². The lowest BCUT2D eigenvalue weighted by molar-refractivity contribution is 0.102. The molecule has 2 aromatic carbocycles. The van der Waals surface area contributed by atoms with E-state index in [9.17, 15) is 4.79 Å². The molecule has 0 atom stereocenters. The Bertz CT molecular complexity index is 858. The van der Waals surface area contributed by atoms with E-state index in [0.29, 0.717) is 16.6 Å². The number of amides is 1. The summed E-state index contributed by atoms with van der Waals surface area (Å²) >= 11 is 1.46. The van der Waals surface area contributed by atoms with Crippen molar-refractivity contribution in [1.29, 1.82) is 0 Å². The fourth-order valence-corrected chi connectivity index (χ4v) is 3.32. The third-order valence-corrected chi connectivity index (χ3v) is 4.81. The Morgan fingerprint density at radius 1 is 1.00 bits per heavy atom. The molecule has 1 aliphatic rings. The molecule has 0 spiro atoms. The molecule has 1 amide bonds. The maximum atomic E-state index is 12.6. The van der Waals surface area contributed by atoms with Gasteiger partial charge in [0.2, 0.25) is 5.13 Å². The number of hydrogen-bond acceptors (Lipinski definition) is 5. The molecule has 0 aliphatic heterocycles. The molecule has 0 unspecified atom stereocenters. The van der Waals surface area contributed by atoms with Crippen LogP contribution in [0.2, 0.25) is 0 Å². The standard InChI is InChI=1S/C18H16N4OS/c23-16(20-18-22-21-17(24-18)12-10-11-12)14-8-4-5-9-15(14)19-13-6-2-1-3-7-13/h1-9,12,19H,10-11H2,(H,20,22,23). The molecule has 2 N–H and O–H groups in total. The zero-order valence-corrected chi connectivity index (χ0v) is 13.7. The van der Waals surface area contributed by atoms with Gasteiger partial charge in [0.1, 0.15) is 5.01 Å². The number of carbonyl (C=O) groups is 1. The van der Waals surface area contributed by atoms with Crippen LogP contribution in [0.5, 0.6) is 0 Å². The zero-order valence-electron chi connectivity index (χ0n) is 12.9. The van der Waals surface area contributed by atoms with E-state index in [0.717, 1.165) is 16.4 Å². The van der Waals surface area contributed by atoms with Gasteiger partial charge < -0.3 is 5.32 Å². The van der Waals surface area contributed by atoms with Crippen molar-refractivity contribution >= 4 is 33.8 Å². The van der Waals surface area contributed by atoms with Crippen molar-refractivity contribution in [2.24, 2.45) is 0 Å². The first-order chi connectivity index (χ1) is 11.8. The van der Waals surface area contributed by atoms with E-state index in [1.807, 2.05) is 48.5 Å². The summed E-state index contributed by atoms with van der Waals surface area (Å²) < 4.78 is 0. The van der Waals surface area contributed by atoms with Crippen LogP contribution in [0.1, 0.15) is 34.1 Å². The maximum absolute atomic E-state index is 12.6. The van der Waals surface area contributed by atoms with Crippen LogP contribution in [0.4, 0.5) is 16.5 Å². The number of nitrogens with one attached hydrogen (secondary N) is 2. The number of carbonyl (C=O) groups excluding carboxylic acids is 1. The Balaban J connectivity index is 1.53. The Morgan fingerprint density at radius 3 is 2.54 bits per heavy atom. The first kappa shape index (κ1) is 14.8. The molecular weight excluding hydrogens is 320 g/mol. The van der Waals surface area contributed by atoms with Gasteiger partial charge in [-0.25, -0.2) is 0 Å².